The minimum Gasteiger partial charge on any atom is -0.486 e. The summed E-state index contributed by atoms with van der Waals surface area (Å²) < 4.78 is 43.9. The summed E-state index contributed by atoms with van der Waals surface area (Å²) in [5.74, 6) is -0.373. The van der Waals surface area contributed by atoms with Crippen LogP contribution in [0.4, 0.5) is 5.69 Å². The second-order valence-electron chi connectivity index (χ2n) is 8.29. The standard InChI is InChI=1S/C24H28N2O7S/c1-26(18-7-3-2-4-8-18)34(29,30)22-10-6-5-9-19(22)25-23(27)16-33-24(28)17-11-12-20-21(15-17)32-14-13-31-20/h5-6,9-12,15,18H,2-4,7-8,13-14,16H2,1H3,(H,25,27). The number of hydrogen-bond acceptors (Lipinski definition) is 7. The molecule has 9 nitrogen and oxygen atoms in total. The number of nitrogens with one attached hydrogen (secondary N) is 1. The van der Waals surface area contributed by atoms with Crippen molar-refractivity contribution < 1.29 is 32.2 Å². The quantitative estimate of drug-likeness (QED) is 0.596. The number of carbonyl (C=O) groups is 2. The Labute approximate surface area is 199 Å². The van der Waals surface area contributed by atoms with E-state index < -0.39 is 28.5 Å². The van der Waals surface area contributed by atoms with E-state index in [2.05, 4.69) is 5.32 Å². The van der Waals surface area contributed by atoms with Crippen LogP contribution in [-0.2, 0) is 19.6 Å². The zero-order valence-corrected chi connectivity index (χ0v) is 19.8. The van der Waals surface area contributed by atoms with E-state index in [1.165, 1.54) is 28.6 Å². The van der Waals surface area contributed by atoms with Gasteiger partial charge in [-0.1, -0.05) is 31.4 Å². The summed E-state index contributed by atoms with van der Waals surface area (Å²) in [6.07, 6.45) is 4.75. The molecule has 0 saturated heterocycles. The Hall–Kier alpha value is -3.11. The van der Waals surface area contributed by atoms with Crippen LogP contribution in [0.3, 0.4) is 0 Å². The van der Waals surface area contributed by atoms with Crippen molar-refractivity contribution in [2.45, 2.75) is 43.0 Å². The van der Waals surface area contributed by atoms with E-state index in [0.717, 1.165) is 32.1 Å². The Morgan fingerprint density at radius 2 is 1.74 bits per heavy atom. The number of hydrogen-bond donors (Lipinski definition) is 1. The maximum absolute atomic E-state index is 13.3. The van der Waals surface area contributed by atoms with Gasteiger partial charge in [0.15, 0.2) is 18.1 Å². The fourth-order valence-corrected chi connectivity index (χ4v) is 5.72. The second kappa shape index (κ2) is 10.4. The molecular weight excluding hydrogens is 460 g/mol. The van der Waals surface area contributed by atoms with E-state index in [-0.39, 0.29) is 22.2 Å². The summed E-state index contributed by atoms with van der Waals surface area (Å²) >= 11 is 0. The predicted molar refractivity (Wildman–Crippen MR) is 125 cm³/mol. The molecule has 0 spiro atoms. The van der Waals surface area contributed by atoms with Crippen LogP contribution in [0, 0.1) is 0 Å². The van der Waals surface area contributed by atoms with Crippen molar-refractivity contribution in [1.29, 1.82) is 0 Å². The number of fused-ring (bicyclic) bond motifs is 1. The van der Waals surface area contributed by atoms with Crippen molar-refractivity contribution in [2.75, 3.05) is 32.2 Å². The summed E-state index contributed by atoms with van der Waals surface area (Å²) in [6.45, 7) is 0.247. The summed E-state index contributed by atoms with van der Waals surface area (Å²) in [5, 5.41) is 2.56. The zero-order valence-electron chi connectivity index (χ0n) is 19.0. The first-order valence-corrected chi connectivity index (χ1v) is 12.7. The first-order chi connectivity index (χ1) is 16.4. The molecule has 2 aromatic carbocycles. The highest BCUT2D eigenvalue weighted by atomic mass is 32.2. The lowest BCUT2D eigenvalue weighted by Crippen LogP contribution is -2.38. The van der Waals surface area contributed by atoms with Crippen molar-refractivity contribution in [3.63, 3.8) is 0 Å². The number of ether oxygens (including phenoxy) is 3. The van der Waals surface area contributed by atoms with E-state index in [4.69, 9.17) is 14.2 Å². The molecule has 182 valence electrons. The minimum atomic E-state index is -3.81. The van der Waals surface area contributed by atoms with E-state index in [1.807, 2.05) is 0 Å². The molecule has 10 heteroatoms. The zero-order chi connectivity index (χ0) is 24.1. The van der Waals surface area contributed by atoms with Crippen LogP contribution in [0.5, 0.6) is 11.5 Å². The van der Waals surface area contributed by atoms with Crippen molar-refractivity contribution in [3.8, 4) is 11.5 Å². The van der Waals surface area contributed by atoms with E-state index in [9.17, 15) is 18.0 Å². The number of rotatable bonds is 7. The topological polar surface area (TPSA) is 111 Å². The molecule has 0 radical (unpaired) electrons. The first kappa shape index (κ1) is 24.0. The Bertz CT molecular complexity index is 1160. The molecule has 1 N–H and O–H groups in total. The van der Waals surface area contributed by atoms with Crippen LogP contribution >= 0.6 is 0 Å². The molecule has 1 aliphatic carbocycles. The number of esters is 1. The van der Waals surface area contributed by atoms with Gasteiger partial charge in [-0.25, -0.2) is 13.2 Å². The number of anilines is 1. The van der Waals surface area contributed by atoms with Gasteiger partial charge in [-0.3, -0.25) is 4.79 Å². The Balaban J connectivity index is 1.40. The molecule has 1 amide bonds. The number of amides is 1. The average molecular weight is 489 g/mol. The molecule has 34 heavy (non-hydrogen) atoms. The molecule has 0 bridgehead atoms. The van der Waals surface area contributed by atoms with E-state index in [1.54, 1.807) is 25.2 Å². The van der Waals surface area contributed by atoms with Gasteiger partial charge in [0.05, 0.1) is 11.3 Å². The van der Waals surface area contributed by atoms with E-state index in [0.29, 0.717) is 24.7 Å². The monoisotopic (exact) mass is 488 g/mol. The fourth-order valence-electron chi connectivity index (χ4n) is 4.16. The second-order valence-corrected chi connectivity index (χ2v) is 10.3. The SMILES string of the molecule is CN(C1CCCCC1)S(=O)(=O)c1ccccc1NC(=O)COC(=O)c1ccc2c(c1)OCCO2. The summed E-state index contributed by atoms with van der Waals surface area (Å²) in [6, 6.07) is 10.8. The van der Waals surface area contributed by atoms with Gasteiger partial charge in [-0.15, -0.1) is 0 Å². The lowest BCUT2D eigenvalue weighted by molar-refractivity contribution is -0.119. The summed E-state index contributed by atoms with van der Waals surface area (Å²) in [4.78, 5) is 24.9. The van der Waals surface area contributed by atoms with Crippen LogP contribution in [0.1, 0.15) is 42.5 Å². The third-order valence-corrected chi connectivity index (χ3v) is 7.99. The maximum atomic E-state index is 13.3. The van der Waals surface area contributed by atoms with Gasteiger partial charge in [-0.2, -0.15) is 4.31 Å². The lowest BCUT2D eigenvalue weighted by Gasteiger charge is -2.30. The van der Waals surface area contributed by atoms with Crippen molar-refractivity contribution >= 4 is 27.6 Å². The smallest absolute Gasteiger partial charge is 0.338 e. The molecule has 1 saturated carbocycles. The molecular formula is C24H28N2O7S. The van der Waals surface area contributed by atoms with Crippen molar-refractivity contribution in [1.82, 2.24) is 4.31 Å². The number of nitrogens with zero attached hydrogens (tertiary/aromatic N) is 1. The molecule has 0 aromatic heterocycles. The highest BCUT2D eigenvalue weighted by molar-refractivity contribution is 7.89. The highest BCUT2D eigenvalue weighted by Gasteiger charge is 2.31. The van der Waals surface area contributed by atoms with Gasteiger partial charge >= 0.3 is 5.97 Å². The predicted octanol–water partition coefficient (Wildman–Crippen LogP) is 3.21. The largest absolute Gasteiger partial charge is 0.486 e. The molecule has 0 atom stereocenters. The Morgan fingerprint density at radius 1 is 1.03 bits per heavy atom. The third kappa shape index (κ3) is 5.34. The van der Waals surface area contributed by atoms with Crippen LogP contribution in [0.2, 0.25) is 0 Å². The maximum Gasteiger partial charge on any atom is 0.338 e. The molecule has 2 aromatic rings. The van der Waals surface area contributed by atoms with Crippen LogP contribution in [0.15, 0.2) is 47.4 Å². The number of benzene rings is 2. The fraction of sp³-hybridized carbons (Fsp3) is 0.417. The van der Waals surface area contributed by atoms with Gasteiger partial charge in [0, 0.05) is 13.1 Å². The lowest BCUT2D eigenvalue weighted by atomic mass is 9.96. The van der Waals surface area contributed by atoms with Crippen molar-refractivity contribution in [2.24, 2.45) is 0 Å². The van der Waals surface area contributed by atoms with Gasteiger partial charge in [0.25, 0.3) is 5.91 Å². The van der Waals surface area contributed by atoms with Gasteiger partial charge in [0.1, 0.15) is 18.1 Å². The molecule has 1 fully saturated rings. The Kier molecular flexibility index (Phi) is 7.38. The summed E-state index contributed by atoms with van der Waals surface area (Å²) in [7, 11) is -2.23. The highest BCUT2D eigenvalue weighted by Crippen LogP contribution is 2.31. The number of sulfonamides is 1. The van der Waals surface area contributed by atoms with Crippen LogP contribution < -0.4 is 14.8 Å². The van der Waals surface area contributed by atoms with Gasteiger partial charge in [-0.05, 0) is 43.2 Å². The molecule has 1 aliphatic heterocycles. The third-order valence-electron chi connectivity index (χ3n) is 6.02. The molecule has 0 unspecified atom stereocenters. The number of carbonyl (C=O) groups excluding carboxylic acids is 2. The summed E-state index contributed by atoms with van der Waals surface area (Å²) in [5.41, 5.74) is 0.361. The van der Waals surface area contributed by atoms with Gasteiger partial charge in [0.2, 0.25) is 10.0 Å². The van der Waals surface area contributed by atoms with Crippen molar-refractivity contribution in [3.05, 3.63) is 48.0 Å². The molecule has 4 rings (SSSR count). The van der Waals surface area contributed by atoms with E-state index >= 15 is 0 Å². The van der Waals surface area contributed by atoms with Gasteiger partial charge < -0.3 is 19.5 Å². The normalized spacial score (nSPS) is 16.2. The molecule has 1 heterocycles. The number of para-hydroxylation sites is 1. The molecule has 2 aliphatic rings. The first-order valence-electron chi connectivity index (χ1n) is 11.3. The minimum absolute atomic E-state index is 0.00888. The van der Waals surface area contributed by atoms with Crippen LogP contribution in [0.25, 0.3) is 0 Å². The average Bonchev–Trinajstić information content (AvgIpc) is 2.87. The van der Waals surface area contributed by atoms with Crippen LogP contribution in [-0.4, -0.2) is 57.5 Å². The Morgan fingerprint density at radius 3 is 2.50 bits per heavy atom.